The molecule has 0 spiro atoms. The first kappa shape index (κ1) is 14.5. The molecule has 1 saturated carbocycles. The quantitative estimate of drug-likeness (QED) is 0.742. The molecule has 17 heavy (non-hydrogen) atoms. The molecule has 1 aliphatic carbocycles. The molecule has 1 fully saturated rings. The Morgan fingerprint density at radius 2 is 2.06 bits per heavy atom. The molecule has 0 aliphatic heterocycles. The van der Waals surface area contributed by atoms with Crippen LogP contribution in [0.2, 0.25) is 0 Å². The van der Waals surface area contributed by atoms with Crippen molar-refractivity contribution in [3.05, 3.63) is 0 Å². The standard InChI is InChI=1S/C13H25NO3/c1-13(7-4-3-5-8-13)12(16)14-9-6-11(15)10-17-2/h11,15H,3-10H2,1-2H3,(H,14,16). The highest BCUT2D eigenvalue weighted by Gasteiger charge is 2.34. The van der Waals surface area contributed by atoms with Crippen molar-refractivity contribution in [3.63, 3.8) is 0 Å². The van der Waals surface area contributed by atoms with E-state index in [1.807, 2.05) is 6.92 Å². The number of hydrogen-bond donors (Lipinski definition) is 2. The van der Waals surface area contributed by atoms with Gasteiger partial charge in [-0.2, -0.15) is 0 Å². The van der Waals surface area contributed by atoms with E-state index in [4.69, 9.17) is 4.74 Å². The lowest BCUT2D eigenvalue weighted by atomic mass is 9.75. The molecule has 0 saturated heterocycles. The van der Waals surface area contributed by atoms with Gasteiger partial charge in [-0.25, -0.2) is 0 Å². The molecule has 1 aliphatic rings. The highest BCUT2D eigenvalue weighted by atomic mass is 16.5. The lowest BCUT2D eigenvalue weighted by Crippen LogP contribution is -2.41. The third-order valence-corrected chi connectivity index (χ3v) is 3.63. The first-order chi connectivity index (χ1) is 8.08. The molecule has 4 nitrogen and oxygen atoms in total. The molecular weight excluding hydrogens is 218 g/mol. The highest BCUT2D eigenvalue weighted by Crippen LogP contribution is 2.35. The smallest absolute Gasteiger partial charge is 0.225 e. The first-order valence-electron chi connectivity index (χ1n) is 6.54. The zero-order chi connectivity index (χ0) is 12.7. The Labute approximate surface area is 104 Å². The van der Waals surface area contributed by atoms with Gasteiger partial charge in [0.2, 0.25) is 5.91 Å². The van der Waals surface area contributed by atoms with Gasteiger partial charge in [-0.1, -0.05) is 26.2 Å². The number of nitrogens with one attached hydrogen (secondary N) is 1. The van der Waals surface area contributed by atoms with E-state index in [1.54, 1.807) is 7.11 Å². The summed E-state index contributed by atoms with van der Waals surface area (Å²) in [5.41, 5.74) is -0.190. The van der Waals surface area contributed by atoms with Crippen molar-refractivity contribution in [2.75, 3.05) is 20.3 Å². The molecule has 0 aromatic carbocycles. The summed E-state index contributed by atoms with van der Waals surface area (Å²) in [7, 11) is 1.56. The molecule has 0 heterocycles. The minimum atomic E-state index is -0.487. The van der Waals surface area contributed by atoms with Crippen LogP contribution in [0.3, 0.4) is 0 Å². The number of rotatable bonds is 6. The van der Waals surface area contributed by atoms with Gasteiger partial charge in [0, 0.05) is 19.1 Å². The molecule has 1 amide bonds. The van der Waals surface area contributed by atoms with Gasteiger partial charge in [0.1, 0.15) is 0 Å². The fourth-order valence-electron chi connectivity index (χ4n) is 2.40. The summed E-state index contributed by atoms with van der Waals surface area (Å²) < 4.78 is 4.83. The van der Waals surface area contributed by atoms with E-state index in [1.165, 1.54) is 6.42 Å². The molecule has 1 unspecified atom stereocenters. The molecule has 0 aromatic heterocycles. The minimum Gasteiger partial charge on any atom is -0.391 e. The van der Waals surface area contributed by atoms with E-state index in [2.05, 4.69) is 5.32 Å². The number of methoxy groups -OCH3 is 1. The second-order valence-electron chi connectivity index (χ2n) is 5.28. The second-order valence-corrected chi connectivity index (χ2v) is 5.28. The van der Waals surface area contributed by atoms with Crippen molar-refractivity contribution in [1.29, 1.82) is 0 Å². The van der Waals surface area contributed by atoms with E-state index >= 15 is 0 Å². The zero-order valence-electron chi connectivity index (χ0n) is 11.0. The summed E-state index contributed by atoms with van der Waals surface area (Å²) in [5, 5.41) is 12.4. The maximum Gasteiger partial charge on any atom is 0.225 e. The van der Waals surface area contributed by atoms with Gasteiger partial charge in [-0.05, 0) is 19.3 Å². The van der Waals surface area contributed by atoms with Crippen LogP contribution >= 0.6 is 0 Å². The Hall–Kier alpha value is -0.610. The fraction of sp³-hybridized carbons (Fsp3) is 0.923. The maximum absolute atomic E-state index is 12.0. The van der Waals surface area contributed by atoms with Gasteiger partial charge in [0.15, 0.2) is 0 Å². The number of amides is 1. The van der Waals surface area contributed by atoms with Crippen LogP contribution in [-0.2, 0) is 9.53 Å². The molecular formula is C13H25NO3. The van der Waals surface area contributed by atoms with E-state index in [-0.39, 0.29) is 11.3 Å². The van der Waals surface area contributed by atoms with Crippen LogP contribution in [0.4, 0.5) is 0 Å². The predicted octanol–water partition coefficient (Wildman–Crippen LogP) is 1.47. The molecule has 4 heteroatoms. The van der Waals surface area contributed by atoms with E-state index < -0.39 is 6.10 Å². The molecule has 1 atom stereocenters. The molecule has 0 aromatic rings. The second kappa shape index (κ2) is 6.97. The normalized spacial score (nSPS) is 20.9. The van der Waals surface area contributed by atoms with Crippen molar-refractivity contribution in [2.45, 2.75) is 51.6 Å². The SMILES string of the molecule is COCC(O)CCNC(=O)C1(C)CCCCC1. The summed E-state index contributed by atoms with van der Waals surface area (Å²) in [5.74, 6) is 0.141. The number of hydrogen-bond acceptors (Lipinski definition) is 3. The Balaban J connectivity index is 2.24. The fourth-order valence-corrected chi connectivity index (χ4v) is 2.40. The van der Waals surface area contributed by atoms with Gasteiger partial charge >= 0.3 is 0 Å². The van der Waals surface area contributed by atoms with E-state index in [9.17, 15) is 9.90 Å². The van der Waals surface area contributed by atoms with Crippen LogP contribution in [0.25, 0.3) is 0 Å². The molecule has 0 radical (unpaired) electrons. The van der Waals surface area contributed by atoms with E-state index in [0.29, 0.717) is 19.6 Å². The van der Waals surface area contributed by atoms with Gasteiger partial charge in [-0.3, -0.25) is 4.79 Å². The van der Waals surface area contributed by atoms with Gasteiger partial charge in [0.25, 0.3) is 0 Å². The monoisotopic (exact) mass is 243 g/mol. The number of carbonyl (C=O) groups is 1. The summed E-state index contributed by atoms with van der Waals surface area (Å²) in [6, 6.07) is 0. The summed E-state index contributed by atoms with van der Waals surface area (Å²) >= 11 is 0. The molecule has 2 N–H and O–H groups in total. The van der Waals surface area contributed by atoms with Crippen LogP contribution in [0.15, 0.2) is 0 Å². The minimum absolute atomic E-state index is 0.141. The lowest BCUT2D eigenvalue weighted by Gasteiger charge is -2.32. The van der Waals surface area contributed by atoms with Crippen LogP contribution < -0.4 is 5.32 Å². The lowest BCUT2D eigenvalue weighted by molar-refractivity contribution is -0.132. The summed E-state index contributed by atoms with van der Waals surface area (Å²) in [6.07, 6.45) is 5.58. The number of aliphatic hydroxyl groups is 1. The summed E-state index contributed by atoms with van der Waals surface area (Å²) in [6.45, 7) is 2.90. The molecule has 100 valence electrons. The highest BCUT2D eigenvalue weighted by molar-refractivity contribution is 5.82. The van der Waals surface area contributed by atoms with Crippen molar-refractivity contribution in [3.8, 4) is 0 Å². The third kappa shape index (κ3) is 4.64. The van der Waals surface area contributed by atoms with Gasteiger partial charge in [-0.15, -0.1) is 0 Å². The topological polar surface area (TPSA) is 58.6 Å². The van der Waals surface area contributed by atoms with Crippen molar-refractivity contribution in [2.24, 2.45) is 5.41 Å². The van der Waals surface area contributed by atoms with E-state index in [0.717, 1.165) is 25.7 Å². The maximum atomic E-state index is 12.0. The first-order valence-corrected chi connectivity index (χ1v) is 6.54. The molecule has 0 bridgehead atoms. The van der Waals surface area contributed by atoms with Crippen molar-refractivity contribution in [1.82, 2.24) is 5.32 Å². The Morgan fingerprint density at radius 1 is 1.41 bits per heavy atom. The average Bonchev–Trinajstić information content (AvgIpc) is 2.30. The number of carbonyl (C=O) groups excluding carboxylic acids is 1. The number of ether oxygens (including phenoxy) is 1. The van der Waals surface area contributed by atoms with Gasteiger partial charge < -0.3 is 15.2 Å². The Bertz CT molecular complexity index is 237. The van der Waals surface area contributed by atoms with Crippen LogP contribution in [0, 0.1) is 5.41 Å². The summed E-state index contributed by atoms with van der Waals surface area (Å²) in [4.78, 5) is 12.0. The average molecular weight is 243 g/mol. The van der Waals surface area contributed by atoms with Crippen molar-refractivity contribution >= 4 is 5.91 Å². The van der Waals surface area contributed by atoms with Crippen LogP contribution in [0.1, 0.15) is 45.4 Å². The zero-order valence-corrected chi connectivity index (χ0v) is 11.0. The number of aliphatic hydroxyl groups excluding tert-OH is 1. The van der Waals surface area contributed by atoms with Crippen LogP contribution in [0.5, 0.6) is 0 Å². The Kier molecular flexibility index (Phi) is 5.92. The Morgan fingerprint density at radius 3 is 2.65 bits per heavy atom. The largest absolute Gasteiger partial charge is 0.391 e. The molecule has 1 rings (SSSR count). The third-order valence-electron chi connectivity index (χ3n) is 3.63. The van der Waals surface area contributed by atoms with Gasteiger partial charge in [0.05, 0.1) is 12.7 Å². The van der Waals surface area contributed by atoms with Crippen molar-refractivity contribution < 1.29 is 14.6 Å². The van der Waals surface area contributed by atoms with Crippen LogP contribution in [-0.4, -0.2) is 37.4 Å². The predicted molar refractivity (Wildman–Crippen MR) is 66.7 cm³/mol.